The number of imidazole rings is 1. The molecule has 0 amide bonds. The molecule has 4 heterocycles. The Morgan fingerprint density at radius 1 is 0.886 bits per heavy atom. The minimum absolute atomic E-state index is 0.442. The number of benzene rings is 2. The molecule has 35 heavy (non-hydrogen) atoms. The van der Waals surface area contributed by atoms with Crippen LogP contribution in [0.5, 0.6) is 0 Å². The monoisotopic (exact) mass is 461 g/mol. The van der Waals surface area contributed by atoms with Gasteiger partial charge in [0.25, 0.3) is 5.71 Å². The van der Waals surface area contributed by atoms with Crippen molar-refractivity contribution in [1.29, 1.82) is 0 Å². The molecule has 6 aromatic rings. The molecule has 6 rings (SSSR count). The third kappa shape index (κ3) is 4.15. The Bertz CT molecular complexity index is 1610. The van der Waals surface area contributed by atoms with Crippen LogP contribution in [0.25, 0.3) is 28.0 Å². The molecule has 0 unspecified atom stereocenters. The van der Waals surface area contributed by atoms with Gasteiger partial charge in [0.2, 0.25) is 5.95 Å². The maximum atomic E-state index is 5.23. The highest BCUT2D eigenvalue weighted by Gasteiger charge is 2.12. The van der Waals surface area contributed by atoms with Gasteiger partial charge in [0.05, 0.1) is 17.7 Å². The zero-order valence-corrected chi connectivity index (χ0v) is 18.6. The predicted molar refractivity (Wildman–Crippen MR) is 132 cm³/mol. The maximum Gasteiger partial charge on any atom is 0.263 e. The quantitative estimate of drug-likeness (QED) is 0.351. The first-order valence-corrected chi connectivity index (χ1v) is 10.9. The smallest absolute Gasteiger partial charge is 0.263 e. The van der Waals surface area contributed by atoms with Crippen LogP contribution in [0, 0.1) is 6.92 Å². The fraction of sp³-hybridized carbons (Fsp3) is 0.0400. The van der Waals surface area contributed by atoms with E-state index in [-0.39, 0.29) is 0 Å². The van der Waals surface area contributed by atoms with E-state index in [9.17, 15) is 0 Å². The lowest BCUT2D eigenvalue weighted by atomic mass is 10.1. The Morgan fingerprint density at radius 3 is 2.57 bits per heavy atom. The van der Waals surface area contributed by atoms with Gasteiger partial charge in [-0.3, -0.25) is 0 Å². The highest BCUT2D eigenvalue weighted by molar-refractivity contribution is 5.89. The van der Waals surface area contributed by atoms with Gasteiger partial charge >= 0.3 is 0 Å². The molecule has 0 atom stereocenters. The van der Waals surface area contributed by atoms with E-state index in [1.807, 2.05) is 72.3 Å². The molecule has 0 aliphatic rings. The zero-order chi connectivity index (χ0) is 23.6. The number of hydrogen-bond donors (Lipinski definition) is 2. The van der Waals surface area contributed by atoms with Crippen molar-refractivity contribution >= 4 is 34.2 Å². The Labute approximate surface area is 199 Å². The second kappa shape index (κ2) is 8.67. The van der Waals surface area contributed by atoms with Crippen LogP contribution in [0.15, 0.2) is 90.4 Å². The number of aromatic nitrogens is 7. The number of rotatable bonds is 6. The molecule has 2 aromatic carbocycles. The maximum absolute atomic E-state index is 5.23. The number of fused-ring (bicyclic) bond motifs is 1. The molecule has 0 aliphatic heterocycles. The van der Waals surface area contributed by atoms with E-state index in [1.165, 1.54) is 6.33 Å². The standard InChI is InChI=1S/C25H19N9O/c1-16-22-23(28-14-29-24(22)35-33-16)30-18-3-2-4-19(13-18)31-25-27-10-9-21(32-25)17-5-7-20(8-6-17)34-12-11-26-15-34/h2-15H,1H3,(H,27,31,32)(H,28,29,30). The van der Waals surface area contributed by atoms with Gasteiger partial charge in [-0.05, 0) is 43.3 Å². The average Bonchev–Trinajstić information content (AvgIpc) is 3.56. The molecule has 170 valence electrons. The van der Waals surface area contributed by atoms with E-state index in [0.717, 1.165) is 39.4 Å². The number of aryl methyl sites for hydroxylation is 1. The SMILES string of the molecule is Cc1noc2ncnc(Nc3cccc(Nc4nccc(-c5ccc(-n6ccnc6)cc5)n4)c3)c12. The van der Waals surface area contributed by atoms with Gasteiger partial charge in [-0.15, -0.1) is 0 Å². The second-order valence-electron chi connectivity index (χ2n) is 7.78. The first-order chi connectivity index (χ1) is 17.2. The highest BCUT2D eigenvalue weighted by Crippen LogP contribution is 2.27. The molecule has 0 fully saturated rings. The van der Waals surface area contributed by atoms with E-state index in [4.69, 9.17) is 4.52 Å². The lowest BCUT2D eigenvalue weighted by Crippen LogP contribution is -2.00. The van der Waals surface area contributed by atoms with Crippen molar-refractivity contribution in [3.63, 3.8) is 0 Å². The fourth-order valence-corrected chi connectivity index (χ4v) is 3.75. The predicted octanol–water partition coefficient (Wildman–Crippen LogP) is 5.06. The van der Waals surface area contributed by atoms with Crippen LogP contribution in [0.2, 0.25) is 0 Å². The van der Waals surface area contributed by atoms with Crippen molar-refractivity contribution in [2.45, 2.75) is 6.92 Å². The van der Waals surface area contributed by atoms with E-state index < -0.39 is 0 Å². The Kier molecular flexibility index (Phi) is 5.08. The first-order valence-electron chi connectivity index (χ1n) is 10.9. The van der Waals surface area contributed by atoms with Gasteiger partial charge in [0.1, 0.15) is 17.5 Å². The zero-order valence-electron chi connectivity index (χ0n) is 18.6. The van der Waals surface area contributed by atoms with Crippen LogP contribution in [0.1, 0.15) is 5.69 Å². The van der Waals surface area contributed by atoms with Crippen molar-refractivity contribution in [1.82, 2.24) is 34.6 Å². The molecular formula is C25H19N9O. The highest BCUT2D eigenvalue weighted by atomic mass is 16.5. The third-order valence-corrected chi connectivity index (χ3v) is 5.45. The number of anilines is 4. The molecule has 10 heteroatoms. The van der Waals surface area contributed by atoms with Crippen molar-refractivity contribution in [2.75, 3.05) is 10.6 Å². The van der Waals surface area contributed by atoms with Gasteiger partial charge < -0.3 is 19.7 Å². The number of hydrogen-bond acceptors (Lipinski definition) is 9. The van der Waals surface area contributed by atoms with E-state index in [2.05, 4.69) is 40.7 Å². The summed E-state index contributed by atoms with van der Waals surface area (Å²) >= 11 is 0. The largest absolute Gasteiger partial charge is 0.339 e. The Balaban J connectivity index is 1.22. The molecule has 4 aromatic heterocycles. The molecular weight excluding hydrogens is 442 g/mol. The number of nitrogens with one attached hydrogen (secondary N) is 2. The summed E-state index contributed by atoms with van der Waals surface area (Å²) in [5, 5.41) is 11.3. The molecule has 2 N–H and O–H groups in total. The van der Waals surface area contributed by atoms with Crippen LogP contribution in [0.3, 0.4) is 0 Å². The molecule has 10 nitrogen and oxygen atoms in total. The van der Waals surface area contributed by atoms with Gasteiger partial charge in [0.15, 0.2) is 0 Å². The van der Waals surface area contributed by atoms with Crippen LogP contribution < -0.4 is 10.6 Å². The van der Waals surface area contributed by atoms with Crippen molar-refractivity contribution in [3.8, 4) is 16.9 Å². The lowest BCUT2D eigenvalue weighted by Gasteiger charge is -2.10. The minimum atomic E-state index is 0.442. The second-order valence-corrected chi connectivity index (χ2v) is 7.78. The summed E-state index contributed by atoms with van der Waals surface area (Å²) in [5.74, 6) is 1.13. The summed E-state index contributed by atoms with van der Waals surface area (Å²) < 4.78 is 7.18. The Hall–Kier alpha value is -5.12. The summed E-state index contributed by atoms with van der Waals surface area (Å²) in [4.78, 5) is 21.6. The van der Waals surface area contributed by atoms with Crippen molar-refractivity contribution in [3.05, 3.63) is 91.5 Å². The van der Waals surface area contributed by atoms with Gasteiger partial charge in [-0.25, -0.2) is 19.9 Å². The van der Waals surface area contributed by atoms with Gasteiger partial charge in [-0.1, -0.05) is 23.4 Å². The molecule has 0 saturated heterocycles. The minimum Gasteiger partial charge on any atom is -0.339 e. The first kappa shape index (κ1) is 20.5. The summed E-state index contributed by atoms with van der Waals surface area (Å²) in [5.41, 5.74) is 5.67. The molecule has 0 aliphatic carbocycles. The topological polar surface area (TPSA) is 119 Å². The molecule has 0 saturated carbocycles. The van der Waals surface area contributed by atoms with E-state index in [0.29, 0.717) is 17.5 Å². The average molecular weight is 461 g/mol. The van der Waals surface area contributed by atoms with Crippen LogP contribution >= 0.6 is 0 Å². The Morgan fingerprint density at radius 2 is 1.74 bits per heavy atom. The van der Waals surface area contributed by atoms with Gasteiger partial charge in [-0.2, -0.15) is 4.98 Å². The van der Waals surface area contributed by atoms with Gasteiger partial charge in [0, 0.05) is 41.2 Å². The van der Waals surface area contributed by atoms with E-state index >= 15 is 0 Å². The molecule has 0 radical (unpaired) electrons. The molecule has 0 spiro atoms. The normalized spacial score (nSPS) is 11.0. The number of nitrogens with zero attached hydrogens (tertiary/aromatic N) is 7. The molecule has 0 bridgehead atoms. The van der Waals surface area contributed by atoms with Crippen molar-refractivity contribution < 1.29 is 4.52 Å². The van der Waals surface area contributed by atoms with Crippen molar-refractivity contribution in [2.24, 2.45) is 0 Å². The summed E-state index contributed by atoms with van der Waals surface area (Å²) in [6.45, 7) is 1.86. The third-order valence-electron chi connectivity index (χ3n) is 5.45. The van der Waals surface area contributed by atoms with Crippen LogP contribution in [0.4, 0.5) is 23.1 Å². The summed E-state index contributed by atoms with van der Waals surface area (Å²) in [7, 11) is 0. The van der Waals surface area contributed by atoms with Crippen LogP contribution in [-0.2, 0) is 0 Å². The fourth-order valence-electron chi connectivity index (χ4n) is 3.75. The summed E-state index contributed by atoms with van der Waals surface area (Å²) in [6, 6.07) is 17.8. The summed E-state index contributed by atoms with van der Waals surface area (Å²) in [6.07, 6.45) is 8.61. The van der Waals surface area contributed by atoms with Crippen LogP contribution in [-0.4, -0.2) is 34.6 Å². The lowest BCUT2D eigenvalue weighted by molar-refractivity contribution is 0.442. The van der Waals surface area contributed by atoms with E-state index in [1.54, 1.807) is 18.7 Å².